The predicted octanol–water partition coefficient (Wildman–Crippen LogP) is 3.64. The van der Waals surface area contributed by atoms with Crippen LogP contribution in [0.2, 0.25) is 0 Å². The van der Waals surface area contributed by atoms with Crippen molar-refractivity contribution in [1.29, 1.82) is 0 Å². The molecule has 0 aliphatic heterocycles. The van der Waals surface area contributed by atoms with Gasteiger partial charge in [0.1, 0.15) is 11.6 Å². The number of nitrogens with two attached hydrogens (primary N) is 1. The van der Waals surface area contributed by atoms with Gasteiger partial charge in [-0.05, 0) is 41.5 Å². The van der Waals surface area contributed by atoms with Crippen molar-refractivity contribution in [3.8, 4) is 5.75 Å². The molecule has 1 atom stereocenters. The average Bonchev–Trinajstić information content (AvgIpc) is 2.37. The van der Waals surface area contributed by atoms with E-state index in [-0.39, 0.29) is 11.9 Å². The molecule has 0 spiro atoms. The van der Waals surface area contributed by atoms with Crippen molar-refractivity contribution >= 4 is 15.9 Å². The van der Waals surface area contributed by atoms with Gasteiger partial charge in [-0.25, -0.2) is 4.39 Å². The van der Waals surface area contributed by atoms with Crippen molar-refractivity contribution in [1.82, 2.24) is 0 Å². The number of hydrogen-bond acceptors (Lipinski definition) is 2. The van der Waals surface area contributed by atoms with E-state index in [0.29, 0.717) is 4.47 Å². The molecule has 0 radical (unpaired) electrons. The quantitative estimate of drug-likeness (QED) is 0.939. The first-order valence-electron chi connectivity index (χ1n) is 5.45. The monoisotopic (exact) mass is 309 g/mol. The van der Waals surface area contributed by atoms with Crippen LogP contribution < -0.4 is 10.5 Å². The van der Waals surface area contributed by atoms with Crippen LogP contribution in [-0.4, -0.2) is 7.11 Å². The Hall–Kier alpha value is -1.39. The first-order chi connectivity index (χ1) is 8.60. The molecule has 0 saturated heterocycles. The lowest BCUT2D eigenvalue weighted by Crippen LogP contribution is -2.12. The molecular formula is C14H13BrFNO. The molecule has 2 N–H and O–H groups in total. The minimum absolute atomic E-state index is 0.302. The highest BCUT2D eigenvalue weighted by Crippen LogP contribution is 2.25. The molecule has 0 aliphatic rings. The van der Waals surface area contributed by atoms with Crippen LogP contribution in [-0.2, 0) is 0 Å². The SMILES string of the molecule is COc1ccc(C(N)c2cc(F)cc(Br)c2)cc1. The summed E-state index contributed by atoms with van der Waals surface area (Å²) in [6, 6.07) is 11.7. The Morgan fingerprint density at radius 2 is 1.78 bits per heavy atom. The Labute approximate surface area is 114 Å². The number of ether oxygens (including phenoxy) is 1. The topological polar surface area (TPSA) is 35.2 Å². The molecule has 2 rings (SSSR count). The van der Waals surface area contributed by atoms with Gasteiger partial charge >= 0.3 is 0 Å². The molecule has 18 heavy (non-hydrogen) atoms. The van der Waals surface area contributed by atoms with Gasteiger partial charge in [0.25, 0.3) is 0 Å². The van der Waals surface area contributed by atoms with Crippen LogP contribution in [0, 0.1) is 5.82 Å². The van der Waals surface area contributed by atoms with Gasteiger partial charge in [0.15, 0.2) is 0 Å². The van der Waals surface area contributed by atoms with Crippen LogP contribution in [0.4, 0.5) is 4.39 Å². The van der Waals surface area contributed by atoms with Gasteiger partial charge in [0, 0.05) is 4.47 Å². The second kappa shape index (κ2) is 5.50. The van der Waals surface area contributed by atoms with Crippen molar-refractivity contribution in [3.63, 3.8) is 0 Å². The zero-order valence-electron chi connectivity index (χ0n) is 9.86. The lowest BCUT2D eigenvalue weighted by Gasteiger charge is -2.13. The summed E-state index contributed by atoms with van der Waals surface area (Å²) in [7, 11) is 1.61. The first-order valence-corrected chi connectivity index (χ1v) is 6.25. The Morgan fingerprint density at radius 1 is 1.11 bits per heavy atom. The number of methoxy groups -OCH3 is 1. The van der Waals surface area contributed by atoms with Crippen LogP contribution in [0.1, 0.15) is 17.2 Å². The van der Waals surface area contributed by atoms with Crippen LogP contribution in [0.3, 0.4) is 0 Å². The van der Waals surface area contributed by atoms with Gasteiger partial charge in [-0.3, -0.25) is 0 Å². The Morgan fingerprint density at radius 3 is 2.33 bits per heavy atom. The van der Waals surface area contributed by atoms with Crippen molar-refractivity contribution in [2.75, 3.05) is 7.11 Å². The summed E-state index contributed by atoms with van der Waals surface area (Å²) in [6.45, 7) is 0. The van der Waals surface area contributed by atoms with Gasteiger partial charge in [0.2, 0.25) is 0 Å². The molecule has 1 unspecified atom stereocenters. The fourth-order valence-electron chi connectivity index (χ4n) is 1.76. The van der Waals surface area contributed by atoms with E-state index in [9.17, 15) is 4.39 Å². The van der Waals surface area contributed by atoms with Crippen LogP contribution in [0.25, 0.3) is 0 Å². The standard InChI is InChI=1S/C14H13BrFNO/c1-18-13-4-2-9(3-5-13)14(17)10-6-11(15)8-12(16)7-10/h2-8,14H,17H2,1H3. The van der Waals surface area contributed by atoms with E-state index < -0.39 is 0 Å². The molecule has 2 aromatic carbocycles. The Kier molecular flexibility index (Phi) is 3.99. The molecule has 2 aromatic rings. The highest BCUT2D eigenvalue weighted by molar-refractivity contribution is 9.10. The summed E-state index contributed by atoms with van der Waals surface area (Å²) in [4.78, 5) is 0. The van der Waals surface area contributed by atoms with Gasteiger partial charge < -0.3 is 10.5 Å². The largest absolute Gasteiger partial charge is 0.497 e. The Balaban J connectivity index is 2.31. The molecule has 94 valence electrons. The molecule has 0 amide bonds. The maximum absolute atomic E-state index is 13.3. The zero-order chi connectivity index (χ0) is 13.1. The van der Waals surface area contributed by atoms with E-state index in [2.05, 4.69) is 15.9 Å². The molecule has 0 bridgehead atoms. The number of hydrogen-bond donors (Lipinski definition) is 1. The number of rotatable bonds is 3. The Bertz CT molecular complexity index is 522. The summed E-state index contributed by atoms with van der Waals surface area (Å²) < 4.78 is 19.1. The molecule has 0 saturated carbocycles. The van der Waals surface area contributed by atoms with Crippen molar-refractivity contribution < 1.29 is 9.13 Å². The van der Waals surface area contributed by atoms with E-state index in [1.165, 1.54) is 12.1 Å². The third-order valence-corrected chi connectivity index (χ3v) is 3.18. The molecule has 4 heteroatoms. The molecule has 0 heterocycles. The number of benzene rings is 2. The third kappa shape index (κ3) is 2.89. The summed E-state index contributed by atoms with van der Waals surface area (Å²) >= 11 is 3.26. The summed E-state index contributed by atoms with van der Waals surface area (Å²) in [5.74, 6) is 0.467. The molecule has 0 aromatic heterocycles. The summed E-state index contributed by atoms with van der Waals surface area (Å²) in [6.07, 6.45) is 0. The van der Waals surface area contributed by atoms with Gasteiger partial charge in [-0.1, -0.05) is 28.1 Å². The maximum atomic E-state index is 13.3. The smallest absolute Gasteiger partial charge is 0.124 e. The number of halogens is 2. The normalized spacial score (nSPS) is 12.2. The van der Waals surface area contributed by atoms with Gasteiger partial charge in [-0.15, -0.1) is 0 Å². The fraction of sp³-hybridized carbons (Fsp3) is 0.143. The fourth-order valence-corrected chi connectivity index (χ4v) is 2.24. The lowest BCUT2D eigenvalue weighted by molar-refractivity contribution is 0.414. The van der Waals surface area contributed by atoms with Crippen LogP contribution in [0.15, 0.2) is 46.9 Å². The molecule has 0 aliphatic carbocycles. The highest BCUT2D eigenvalue weighted by atomic mass is 79.9. The van der Waals surface area contributed by atoms with Crippen LogP contribution >= 0.6 is 15.9 Å². The summed E-state index contributed by atoms with van der Waals surface area (Å²) in [5, 5.41) is 0. The lowest BCUT2D eigenvalue weighted by atomic mass is 9.99. The third-order valence-electron chi connectivity index (χ3n) is 2.72. The van der Waals surface area contributed by atoms with Gasteiger partial charge in [0.05, 0.1) is 13.2 Å². The van der Waals surface area contributed by atoms with E-state index >= 15 is 0 Å². The second-order valence-electron chi connectivity index (χ2n) is 3.95. The van der Waals surface area contributed by atoms with Crippen molar-refractivity contribution in [2.45, 2.75) is 6.04 Å². The average molecular weight is 310 g/mol. The van der Waals surface area contributed by atoms with Crippen LogP contribution in [0.5, 0.6) is 5.75 Å². The van der Waals surface area contributed by atoms with E-state index in [1.807, 2.05) is 30.3 Å². The second-order valence-corrected chi connectivity index (χ2v) is 4.87. The van der Waals surface area contributed by atoms with E-state index in [1.54, 1.807) is 7.11 Å². The highest BCUT2D eigenvalue weighted by Gasteiger charge is 2.11. The molecule has 2 nitrogen and oxygen atoms in total. The van der Waals surface area contributed by atoms with Crippen molar-refractivity contribution in [3.05, 3.63) is 63.9 Å². The molecule has 0 fully saturated rings. The minimum atomic E-state index is -0.358. The van der Waals surface area contributed by atoms with Gasteiger partial charge in [-0.2, -0.15) is 0 Å². The predicted molar refractivity (Wildman–Crippen MR) is 73.1 cm³/mol. The minimum Gasteiger partial charge on any atom is -0.497 e. The van der Waals surface area contributed by atoms with E-state index in [0.717, 1.165) is 16.9 Å². The summed E-state index contributed by atoms with van der Waals surface area (Å²) in [5.41, 5.74) is 7.76. The maximum Gasteiger partial charge on any atom is 0.124 e. The first kappa shape index (κ1) is 13.1. The van der Waals surface area contributed by atoms with E-state index in [4.69, 9.17) is 10.5 Å². The molecular weight excluding hydrogens is 297 g/mol. The van der Waals surface area contributed by atoms with Crippen molar-refractivity contribution in [2.24, 2.45) is 5.73 Å². The zero-order valence-corrected chi connectivity index (χ0v) is 11.4.